The molecule has 0 bridgehead atoms. The second-order valence-electron chi connectivity index (χ2n) is 9.54. The van der Waals surface area contributed by atoms with Crippen LogP contribution in [0.2, 0.25) is 0 Å². The van der Waals surface area contributed by atoms with Gasteiger partial charge in [0.2, 0.25) is 0 Å². The minimum atomic E-state index is -1.08. The number of allylic oxidation sites excluding steroid dienone is 2. The summed E-state index contributed by atoms with van der Waals surface area (Å²) in [6.07, 6.45) is 10.8. The highest BCUT2D eigenvalue weighted by Crippen LogP contribution is 2.49. The molecule has 0 aromatic heterocycles. The summed E-state index contributed by atoms with van der Waals surface area (Å²) in [5.74, 6) is 1.16. The van der Waals surface area contributed by atoms with Crippen molar-refractivity contribution >= 4 is 0 Å². The number of nitrogens with zero attached hydrogens (tertiary/aromatic N) is 1. The molecule has 1 aromatic carbocycles. The van der Waals surface area contributed by atoms with Gasteiger partial charge in [-0.3, -0.25) is 4.90 Å². The zero-order chi connectivity index (χ0) is 21.1. The molecule has 1 saturated carbocycles. The van der Waals surface area contributed by atoms with E-state index in [9.17, 15) is 5.11 Å². The molecule has 3 rings (SSSR count). The summed E-state index contributed by atoms with van der Waals surface area (Å²) >= 11 is 0. The van der Waals surface area contributed by atoms with Gasteiger partial charge in [-0.15, -0.1) is 6.58 Å². The third kappa shape index (κ3) is 4.38. The maximum atomic E-state index is 12.2. The summed E-state index contributed by atoms with van der Waals surface area (Å²) in [6.45, 7) is 13.7. The smallest absolute Gasteiger partial charge is 0.144 e. The Hall–Kier alpha value is -1.42. The molecule has 0 spiro atoms. The number of hydrogen-bond acceptors (Lipinski definition) is 3. The maximum Gasteiger partial charge on any atom is 0.144 e. The molecule has 2 fully saturated rings. The van der Waals surface area contributed by atoms with Crippen molar-refractivity contribution in [3.05, 3.63) is 60.7 Å². The van der Waals surface area contributed by atoms with Crippen LogP contribution in [-0.2, 0) is 10.3 Å². The molecule has 160 valence electrons. The number of benzene rings is 1. The second kappa shape index (κ2) is 9.16. The highest BCUT2D eigenvalue weighted by atomic mass is 16.5. The lowest BCUT2D eigenvalue weighted by molar-refractivity contribution is -0.289. The van der Waals surface area contributed by atoms with Gasteiger partial charge in [0.25, 0.3) is 0 Å². The van der Waals surface area contributed by atoms with E-state index < -0.39 is 5.60 Å². The summed E-state index contributed by atoms with van der Waals surface area (Å²) in [6, 6.07) is 10.1. The standard InChI is InChI=1S/C26H39NO2/c1-6-8-17-26(28,21-13-11-10-12-14-21)24-27(18-9-7-2)25(4,5)22-16-15-20(3)19-23(22)29-24/h6-7,9-14,20,22-24,28H,1,8,15-19H2,2-5H3/b9-7+/t20-,22-,23-,24+,26+/m1/s1. The van der Waals surface area contributed by atoms with E-state index in [2.05, 4.69) is 51.3 Å². The van der Waals surface area contributed by atoms with Crippen LogP contribution in [-0.4, -0.2) is 34.4 Å². The first kappa shape index (κ1) is 22.3. The summed E-state index contributed by atoms with van der Waals surface area (Å²) < 4.78 is 6.83. The van der Waals surface area contributed by atoms with Gasteiger partial charge in [-0.1, -0.05) is 61.9 Å². The average Bonchev–Trinajstić information content (AvgIpc) is 2.71. The molecule has 0 unspecified atom stereocenters. The first-order valence-corrected chi connectivity index (χ1v) is 11.3. The van der Waals surface area contributed by atoms with Gasteiger partial charge >= 0.3 is 0 Å². The van der Waals surface area contributed by atoms with Crippen molar-refractivity contribution < 1.29 is 9.84 Å². The Kier molecular flexibility index (Phi) is 7.03. The third-order valence-electron chi connectivity index (χ3n) is 7.24. The van der Waals surface area contributed by atoms with Gasteiger partial charge in [-0.2, -0.15) is 0 Å². The number of aliphatic hydroxyl groups is 1. The predicted molar refractivity (Wildman–Crippen MR) is 121 cm³/mol. The van der Waals surface area contributed by atoms with Gasteiger partial charge in [-0.05, 0) is 57.9 Å². The van der Waals surface area contributed by atoms with E-state index in [1.807, 2.05) is 36.4 Å². The number of rotatable bonds is 7. The van der Waals surface area contributed by atoms with Gasteiger partial charge in [0, 0.05) is 18.0 Å². The molecule has 1 N–H and O–H groups in total. The van der Waals surface area contributed by atoms with Crippen LogP contribution in [0.15, 0.2) is 55.1 Å². The predicted octanol–water partition coefficient (Wildman–Crippen LogP) is 5.66. The summed E-state index contributed by atoms with van der Waals surface area (Å²) in [7, 11) is 0. The monoisotopic (exact) mass is 397 g/mol. The molecule has 1 aliphatic carbocycles. The first-order chi connectivity index (χ1) is 13.8. The van der Waals surface area contributed by atoms with Gasteiger partial charge in [-0.25, -0.2) is 0 Å². The Bertz CT molecular complexity index is 698. The van der Waals surface area contributed by atoms with Crippen molar-refractivity contribution in [2.75, 3.05) is 6.54 Å². The van der Waals surface area contributed by atoms with Crippen LogP contribution < -0.4 is 0 Å². The van der Waals surface area contributed by atoms with Crippen molar-refractivity contribution in [3.63, 3.8) is 0 Å². The van der Waals surface area contributed by atoms with Crippen LogP contribution in [0.1, 0.15) is 65.4 Å². The van der Waals surface area contributed by atoms with Crippen molar-refractivity contribution in [3.8, 4) is 0 Å². The summed E-state index contributed by atoms with van der Waals surface area (Å²) in [4.78, 5) is 2.40. The zero-order valence-corrected chi connectivity index (χ0v) is 18.7. The van der Waals surface area contributed by atoms with Gasteiger partial charge in [0.05, 0.1) is 6.10 Å². The molecule has 1 heterocycles. The Morgan fingerprint density at radius 1 is 1.28 bits per heavy atom. The SMILES string of the molecule is C=CCC[C@](O)(c1ccccc1)[C@@H]1O[C@@H]2C[C@H](C)CC[C@H]2C(C)(C)N1C/C=C/C. The fraction of sp³-hybridized carbons (Fsp3) is 0.615. The lowest BCUT2D eigenvalue weighted by atomic mass is 9.68. The Morgan fingerprint density at radius 3 is 2.66 bits per heavy atom. The molecular weight excluding hydrogens is 358 g/mol. The fourth-order valence-corrected chi connectivity index (χ4v) is 5.42. The molecule has 0 amide bonds. The van der Waals surface area contributed by atoms with E-state index in [-0.39, 0.29) is 17.9 Å². The number of hydrogen-bond donors (Lipinski definition) is 1. The number of ether oxygens (including phenoxy) is 1. The zero-order valence-electron chi connectivity index (χ0n) is 18.7. The molecule has 29 heavy (non-hydrogen) atoms. The van der Waals surface area contributed by atoms with Crippen molar-refractivity contribution in [1.29, 1.82) is 0 Å². The summed E-state index contributed by atoms with van der Waals surface area (Å²) in [5.41, 5.74) is -0.208. The van der Waals surface area contributed by atoms with Crippen LogP contribution in [0.3, 0.4) is 0 Å². The van der Waals surface area contributed by atoms with E-state index in [1.54, 1.807) is 0 Å². The normalized spacial score (nSPS) is 31.9. The Morgan fingerprint density at radius 2 is 2.00 bits per heavy atom. The average molecular weight is 398 g/mol. The van der Waals surface area contributed by atoms with Crippen LogP contribution in [0.4, 0.5) is 0 Å². The minimum Gasteiger partial charge on any atom is -0.381 e. The molecule has 0 radical (unpaired) electrons. The molecule has 2 aliphatic rings. The number of fused-ring (bicyclic) bond motifs is 1. The van der Waals surface area contributed by atoms with Crippen LogP contribution in [0.5, 0.6) is 0 Å². The van der Waals surface area contributed by atoms with Gasteiger partial charge < -0.3 is 9.84 Å². The highest BCUT2D eigenvalue weighted by Gasteiger charge is 2.55. The molecule has 1 saturated heterocycles. The van der Waals surface area contributed by atoms with Crippen molar-refractivity contribution in [2.24, 2.45) is 11.8 Å². The molecular formula is C26H39NO2. The van der Waals surface area contributed by atoms with Crippen molar-refractivity contribution in [1.82, 2.24) is 4.90 Å². The quantitative estimate of drug-likeness (QED) is 0.603. The minimum absolute atomic E-state index is 0.0514. The van der Waals surface area contributed by atoms with E-state index in [4.69, 9.17) is 4.74 Å². The molecule has 3 heteroatoms. The molecule has 1 aromatic rings. The molecule has 1 aliphatic heterocycles. The van der Waals surface area contributed by atoms with E-state index >= 15 is 0 Å². The molecule has 3 nitrogen and oxygen atoms in total. The third-order valence-corrected chi connectivity index (χ3v) is 7.24. The van der Waals surface area contributed by atoms with Crippen LogP contribution in [0, 0.1) is 11.8 Å². The van der Waals surface area contributed by atoms with Gasteiger partial charge in [0.1, 0.15) is 11.8 Å². The van der Waals surface area contributed by atoms with Gasteiger partial charge in [0.15, 0.2) is 0 Å². The van der Waals surface area contributed by atoms with E-state index in [0.717, 1.165) is 24.9 Å². The summed E-state index contributed by atoms with van der Waals surface area (Å²) in [5, 5.41) is 12.2. The van der Waals surface area contributed by atoms with Crippen LogP contribution in [0.25, 0.3) is 0 Å². The van der Waals surface area contributed by atoms with Crippen LogP contribution >= 0.6 is 0 Å². The van der Waals surface area contributed by atoms with E-state index in [1.165, 1.54) is 12.8 Å². The largest absolute Gasteiger partial charge is 0.381 e. The molecule has 5 atom stereocenters. The first-order valence-electron chi connectivity index (χ1n) is 11.3. The lowest BCUT2D eigenvalue weighted by Crippen LogP contribution is -2.69. The second-order valence-corrected chi connectivity index (χ2v) is 9.54. The van der Waals surface area contributed by atoms with E-state index in [0.29, 0.717) is 18.3 Å². The maximum absolute atomic E-state index is 12.2. The van der Waals surface area contributed by atoms with Crippen molar-refractivity contribution in [2.45, 2.75) is 83.3 Å². The fourth-order valence-electron chi connectivity index (χ4n) is 5.42. The highest BCUT2D eigenvalue weighted by molar-refractivity contribution is 5.25. The Balaban J connectivity index is 2.06. The topological polar surface area (TPSA) is 32.7 Å². The Labute approximate surface area is 177 Å². The lowest BCUT2D eigenvalue weighted by Gasteiger charge is -2.60.